The van der Waals surface area contributed by atoms with Gasteiger partial charge in [-0.25, -0.2) is 9.97 Å². The van der Waals surface area contributed by atoms with Crippen molar-refractivity contribution in [3.63, 3.8) is 0 Å². The summed E-state index contributed by atoms with van der Waals surface area (Å²) in [4.78, 5) is 19.6. The Morgan fingerprint density at radius 2 is 2.00 bits per heavy atom. The zero-order valence-electron chi connectivity index (χ0n) is 16.7. The second-order valence-corrected chi connectivity index (χ2v) is 7.49. The summed E-state index contributed by atoms with van der Waals surface area (Å²) in [5.41, 5.74) is 3.13. The monoisotopic (exact) mass is 403 g/mol. The number of carboxylic acid groups (broad SMARTS) is 1. The number of ether oxygens (including phenoxy) is 1. The number of aliphatic carboxylic acids is 1. The molecule has 30 heavy (non-hydrogen) atoms. The minimum absolute atomic E-state index is 0.0409. The Labute approximate surface area is 176 Å². The Balaban J connectivity index is 1.38. The number of anilines is 1. The third-order valence-corrected chi connectivity index (χ3v) is 5.35. The van der Waals surface area contributed by atoms with E-state index in [-0.39, 0.29) is 18.3 Å². The van der Waals surface area contributed by atoms with Gasteiger partial charge in [-0.15, -0.1) is 0 Å². The van der Waals surface area contributed by atoms with Crippen molar-refractivity contribution in [1.29, 1.82) is 0 Å². The van der Waals surface area contributed by atoms with Crippen molar-refractivity contribution in [2.75, 3.05) is 18.5 Å². The van der Waals surface area contributed by atoms with E-state index in [0.29, 0.717) is 12.6 Å². The summed E-state index contributed by atoms with van der Waals surface area (Å²) in [5, 5.41) is 12.5. The highest BCUT2D eigenvalue weighted by atomic mass is 16.5. The summed E-state index contributed by atoms with van der Waals surface area (Å²) in [5.74, 6) is 1.13. The molecule has 0 aliphatic heterocycles. The van der Waals surface area contributed by atoms with Gasteiger partial charge in [0.05, 0.1) is 13.0 Å². The van der Waals surface area contributed by atoms with Crippen molar-refractivity contribution in [2.45, 2.75) is 19.3 Å². The maximum Gasteiger partial charge on any atom is 0.307 e. The van der Waals surface area contributed by atoms with Gasteiger partial charge in [0.25, 0.3) is 0 Å². The van der Waals surface area contributed by atoms with Gasteiger partial charge in [0.2, 0.25) is 5.95 Å². The molecule has 0 radical (unpaired) electrons. The molecule has 2 atom stereocenters. The smallest absolute Gasteiger partial charge is 0.307 e. The molecule has 0 fully saturated rings. The molecule has 2 aliphatic carbocycles. The molecule has 2 unspecified atom stereocenters. The van der Waals surface area contributed by atoms with Gasteiger partial charge in [-0.3, -0.25) is 4.79 Å². The van der Waals surface area contributed by atoms with Gasteiger partial charge >= 0.3 is 5.97 Å². The van der Waals surface area contributed by atoms with Crippen molar-refractivity contribution in [3.8, 4) is 0 Å². The van der Waals surface area contributed by atoms with Crippen LogP contribution in [-0.4, -0.2) is 34.2 Å². The van der Waals surface area contributed by atoms with E-state index in [0.717, 1.165) is 36.3 Å². The third kappa shape index (κ3) is 4.95. The first kappa shape index (κ1) is 19.9. The number of nitrogens with zero attached hydrogens (tertiary/aromatic N) is 2. The number of carbonyl (C=O) groups is 1. The quantitative estimate of drug-likeness (QED) is 0.646. The maximum absolute atomic E-state index is 11.4. The van der Waals surface area contributed by atoms with Crippen molar-refractivity contribution < 1.29 is 14.6 Å². The van der Waals surface area contributed by atoms with Crippen LogP contribution in [0.15, 0.2) is 72.8 Å². The van der Waals surface area contributed by atoms with Crippen LogP contribution in [0, 0.1) is 11.8 Å². The summed E-state index contributed by atoms with van der Waals surface area (Å²) >= 11 is 0. The molecule has 2 N–H and O–H groups in total. The number of allylic oxidation sites excluding steroid dienone is 4. The van der Waals surface area contributed by atoms with E-state index in [4.69, 9.17) is 4.74 Å². The lowest BCUT2D eigenvalue weighted by Crippen LogP contribution is -2.15. The van der Waals surface area contributed by atoms with Gasteiger partial charge in [0.1, 0.15) is 5.76 Å². The molecular weight excluding hydrogens is 378 g/mol. The number of benzene rings is 1. The van der Waals surface area contributed by atoms with Crippen LogP contribution in [0.5, 0.6) is 0 Å². The molecule has 6 heteroatoms. The molecule has 154 valence electrons. The van der Waals surface area contributed by atoms with Crippen LogP contribution >= 0.6 is 0 Å². The second kappa shape index (κ2) is 9.39. The van der Waals surface area contributed by atoms with Crippen LogP contribution < -0.4 is 5.32 Å². The molecule has 4 rings (SSSR count). The van der Waals surface area contributed by atoms with Gasteiger partial charge in [-0.05, 0) is 53.7 Å². The first-order chi connectivity index (χ1) is 14.7. The zero-order chi connectivity index (χ0) is 20.8. The minimum Gasteiger partial charge on any atom is -0.494 e. The largest absolute Gasteiger partial charge is 0.494 e. The van der Waals surface area contributed by atoms with E-state index in [1.54, 1.807) is 18.5 Å². The van der Waals surface area contributed by atoms with Gasteiger partial charge in [-0.2, -0.15) is 0 Å². The van der Waals surface area contributed by atoms with Crippen LogP contribution in [0.2, 0.25) is 0 Å². The van der Waals surface area contributed by atoms with Crippen molar-refractivity contribution in [3.05, 3.63) is 83.9 Å². The molecule has 0 spiro atoms. The van der Waals surface area contributed by atoms with Crippen molar-refractivity contribution in [1.82, 2.24) is 9.97 Å². The van der Waals surface area contributed by atoms with Crippen LogP contribution in [0.1, 0.15) is 24.0 Å². The Kier molecular flexibility index (Phi) is 6.23. The number of hydrogen-bond donors (Lipinski definition) is 2. The van der Waals surface area contributed by atoms with E-state index in [2.05, 4.69) is 39.6 Å². The van der Waals surface area contributed by atoms with Crippen LogP contribution in [0.25, 0.3) is 5.57 Å². The summed E-state index contributed by atoms with van der Waals surface area (Å²) in [6, 6.07) is 9.89. The van der Waals surface area contributed by atoms with Crippen LogP contribution in [0.4, 0.5) is 5.95 Å². The van der Waals surface area contributed by atoms with Gasteiger partial charge in [0, 0.05) is 24.9 Å². The second-order valence-electron chi connectivity index (χ2n) is 7.49. The SMILES string of the molecule is O=C(O)CC1=CC2C=CC(OCCCNc3ncccn3)=CC2Cc2ccccc21. The number of rotatable bonds is 8. The molecule has 1 aromatic heterocycles. The van der Waals surface area contributed by atoms with E-state index in [9.17, 15) is 9.90 Å². The lowest BCUT2D eigenvalue weighted by Gasteiger charge is -2.23. The molecule has 0 saturated carbocycles. The predicted octanol–water partition coefficient (Wildman–Crippen LogP) is 4.10. The molecule has 2 aromatic rings. The number of carboxylic acids is 1. The molecule has 0 bridgehead atoms. The summed E-state index contributed by atoms with van der Waals surface area (Å²) in [6.45, 7) is 1.34. The Morgan fingerprint density at radius 3 is 2.83 bits per heavy atom. The molecular formula is C24H25N3O3. The summed E-state index contributed by atoms with van der Waals surface area (Å²) in [6.07, 6.45) is 13.6. The summed E-state index contributed by atoms with van der Waals surface area (Å²) in [7, 11) is 0. The molecule has 0 amide bonds. The molecule has 1 heterocycles. The minimum atomic E-state index is -0.802. The number of nitrogens with one attached hydrogen (secondary N) is 1. The summed E-state index contributed by atoms with van der Waals surface area (Å²) < 4.78 is 5.97. The highest BCUT2D eigenvalue weighted by Gasteiger charge is 2.26. The average Bonchev–Trinajstić information content (AvgIpc) is 2.90. The lowest BCUT2D eigenvalue weighted by molar-refractivity contribution is -0.135. The number of fused-ring (bicyclic) bond motifs is 2. The fourth-order valence-electron chi connectivity index (χ4n) is 3.95. The predicted molar refractivity (Wildman–Crippen MR) is 116 cm³/mol. The highest BCUT2D eigenvalue weighted by Crippen LogP contribution is 2.37. The first-order valence-electron chi connectivity index (χ1n) is 10.2. The Bertz CT molecular complexity index is 982. The molecule has 2 aliphatic rings. The fraction of sp³-hybridized carbons (Fsp3) is 0.292. The van der Waals surface area contributed by atoms with Gasteiger partial charge in [-0.1, -0.05) is 36.4 Å². The van der Waals surface area contributed by atoms with Gasteiger partial charge in [0.15, 0.2) is 0 Å². The highest BCUT2D eigenvalue weighted by molar-refractivity contribution is 5.85. The van der Waals surface area contributed by atoms with E-state index in [1.165, 1.54) is 5.56 Å². The third-order valence-electron chi connectivity index (χ3n) is 5.35. The van der Waals surface area contributed by atoms with Gasteiger partial charge < -0.3 is 15.2 Å². The lowest BCUT2D eigenvalue weighted by atomic mass is 9.84. The Morgan fingerprint density at radius 1 is 1.17 bits per heavy atom. The van der Waals surface area contributed by atoms with E-state index >= 15 is 0 Å². The van der Waals surface area contributed by atoms with Crippen molar-refractivity contribution >= 4 is 17.5 Å². The number of hydrogen-bond acceptors (Lipinski definition) is 5. The topological polar surface area (TPSA) is 84.3 Å². The van der Waals surface area contributed by atoms with Crippen molar-refractivity contribution in [2.24, 2.45) is 11.8 Å². The normalized spacial score (nSPS) is 19.6. The van der Waals surface area contributed by atoms with E-state index < -0.39 is 5.97 Å². The molecule has 0 saturated heterocycles. The Hall–Kier alpha value is -3.41. The van der Waals surface area contributed by atoms with E-state index in [1.807, 2.05) is 24.3 Å². The first-order valence-corrected chi connectivity index (χ1v) is 10.2. The fourth-order valence-corrected chi connectivity index (χ4v) is 3.95. The average molecular weight is 403 g/mol. The molecule has 1 aromatic carbocycles. The zero-order valence-corrected chi connectivity index (χ0v) is 16.7. The van der Waals surface area contributed by atoms with Crippen LogP contribution in [0.3, 0.4) is 0 Å². The van der Waals surface area contributed by atoms with Crippen LogP contribution in [-0.2, 0) is 16.0 Å². The molecule has 6 nitrogen and oxygen atoms in total. The number of aromatic nitrogens is 2. The maximum atomic E-state index is 11.4. The standard InChI is InChI=1S/C24H25N3O3/c28-23(29)16-20-13-17-7-8-21(15-19(17)14-18-5-1-2-6-22(18)20)30-12-4-11-27-24-25-9-3-10-26-24/h1-3,5-10,13,15,17,19H,4,11-12,14,16H2,(H,28,29)(H,25,26,27).